The molecular formula is C17H12N4S. The number of nitriles is 1. The molecule has 3 aromatic heterocycles. The fourth-order valence-corrected chi connectivity index (χ4v) is 2.83. The summed E-state index contributed by atoms with van der Waals surface area (Å²) in [5, 5.41) is 9.97. The van der Waals surface area contributed by atoms with Gasteiger partial charge in [0, 0.05) is 29.9 Å². The zero-order valence-electron chi connectivity index (χ0n) is 11.7. The summed E-state index contributed by atoms with van der Waals surface area (Å²) < 4.78 is 0. The summed E-state index contributed by atoms with van der Waals surface area (Å²) in [5.41, 5.74) is 3.37. The van der Waals surface area contributed by atoms with Crippen LogP contribution in [-0.2, 0) is 5.75 Å². The summed E-state index contributed by atoms with van der Waals surface area (Å²) in [6.45, 7) is 0. The van der Waals surface area contributed by atoms with Crippen LogP contribution in [0, 0.1) is 11.3 Å². The van der Waals surface area contributed by atoms with Gasteiger partial charge in [-0.1, -0.05) is 17.8 Å². The van der Waals surface area contributed by atoms with Crippen molar-refractivity contribution in [3.05, 3.63) is 72.3 Å². The molecule has 0 aliphatic heterocycles. The Hall–Kier alpha value is -2.71. The Morgan fingerprint density at radius 3 is 2.59 bits per heavy atom. The molecule has 0 amide bonds. The predicted octanol–water partition coefficient (Wildman–Crippen LogP) is 3.70. The van der Waals surface area contributed by atoms with E-state index >= 15 is 0 Å². The molecule has 0 saturated heterocycles. The number of nitrogens with zero attached hydrogens (tertiary/aromatic N) is 4. The van der Waals surface area contributed by atoms with Crippen molar-refractivity contribution in [2.75, 3.05) is 0 Å². The quantitative estimate of drug-likeness (QED) is 0.688. The predicted molar refractivity (Wildman–Crippen MR) is 86.0 cm³/mol. The number of pyridine rings is 3. The van der Waals surface area contributed by atoms with E-state index in [1.165, 1.54) is 11.8 Å². The SMILES string of the molecule is N#Cc1ccc(-c2ccncc2)nc1SCc1ccccn1. The van der Waals surface area contributed by atoms with Gasteiger partial charge in [0.25, 0.3) is 0 Å². The van der Waals surface area contributed by atoms with Gasteiger partial charge in [0.15, 0.2) is 0 Å². The molecule has 106 valence electrons. The maximum atomic E-state index is 9.25. The van der Waals surface area contributed by atoms with E-state index in [9.17, 15) is 5.26 Å². The molecule has 3 heterocycles. The Kier molecular flexibility index (Phi) is 4.42. The first-order chi connectivity index (χ1) is 10.9. The lowest BCUT2D eigenvalue weighted by molar-refractivity contribution is 1.10. The average molecular weight is 304 g/mol. The van der Waals surface area contributed by atoms with Crippen LogP contribution in [0.15, 0.2) is 66.1 Å². The third-order valence-corrected chi connectivity index (χ3v) is 4.06. The van der Waals surface area contributed by atoms with Crippen LogP contribution >= 0.6 is 11.8 Å². The average Bonchev–Trinajstić information content (AvgIpc) is 2.61. The van der Waals surface area contributed by atoms with E-state index in [2.05, 4.69) is 21.0 Å². The monoisotopic (exact) mass is 304 g/mol. The van der Waals surface area contributed by atoms with E-state index < -0.39 is 0 Å². The van der Waals surface area contributed by atoms with Crippen LogP contribution in [0.25, 0.3) is 11.3 Å². The van der Waals surface area contributed by atoms with Gasteiger partial charge in [0.2, 0.25) is 0 Å². The van der Waals surface area contributed by atoms with Crippen LogP contribution in [-0.4, -0.2) is 15.0 Å². The van der Waals surface area contributed by atoms with Gasteiger partial charge in [-0.15, -0.1) is 0 Å². The molecule has 0 unspecified atom stereocenters. The van der Waals surface area contributed by atoms with Crippen molar-refractivity contribution in [2.24, 2.45) is 0 Å². The second-order valence-electron chi connectivity index (χ2n) is 4.51. The summed E-state index contributed by atoms with van der Waals surface area (Å²) >= 11 is 1.52. The lowest BCUT2D eigenvalue weighted by Crippen LogP contribution is -1.92. The second kappa shape index (κ2) is 6.83. The minimum absolute atomic E-state index is 0.582. The third kappa shape index (κ3) is 3.30. The summed E-state index contributed by atoms with van der Waals surface area (Å²) in [5.74, 6) is 0.683. The van der Waals surface area contributed by atoms with E-state index in [-0.39, 0.29) is 0 Å². The Balaban J connectivity index is 1.87. The normalized spacial score (nSPS) is 10.1. The molecule has 0 atom stereocenters. The standard InChI is InChI=1S/C17H12N4S/c18-11-14-4-5-16(13-6-9-19-10-7-13)21-17(14)22-12-15-3-1-2-8-20-15/h1-10H,12H2. The molecule has 0 aromatic carbocycles. The lowest BCUT2D eigenvalue weighted by Gasteiger charge is -2.06. The van der Waals surface area contributed by atoms with Gasteiger partial charge in [0.05, 0.1) is 17.0 Å². The molecule has 4 nitrogen and oxygen atoms in total. The molecule has 0 fully saturated rings. The molecule has 3 rings (SSSR count). The number of hydrogen-bond acceptors (Lipinski definition) is 5. The largest absolute Gasteiger partial charge is 0.265 e. The Morgan fingerprint density at radius 2 is 1.86 bits per heavy atom. The van der Waals surface area contributed by atoms with Crippen molar-refractivity contribution in [1.29, 1.82) is 5.26 Å². The first-order valence-electron chi connectivity index (χ1n) is 6.71. The highest BCUT2D eigenvalue weighted by Gasteiger charge is 2.08. The van der Waals surface area contributed by atoms with Crippen LogP contribution in [0.4, 0.5) is 0 Å². The highest BCUT2D eigenvalue weighted by atomic mass is 32.2. The van der Waals surface area contributed by atoms with Crippen molar-refractivity contribution < 1.29 is 0 Å². The first-order valence-corrected chi connectivity index (χ1v) is 7.69. The zero-order valence-corrected chi connectivity index (χ0v) is 12.5. The molecule has 5 heteroatoms. The first kappa shape index (κ1) is 14.2. The second-order valence-corrected chi connectivity index (χ2v) is 5.47. The molecule has 0 aliphatic rings. The Labute approximate surface area is 132 Å². The van der Waals surface area contributed by atoms with E-state index in [1.807, 2.05) is 42.5 Å². The van der Waals surface area contributed by atoms with E-state index in [4.69, 9.17) is 0 Å². The molecule has 0 aliphatic carbocycles. The molecule has 22 heavy (non-hydrogen) atoms. The highest BCUT2D eigenvalue weighted by molar-refractivity contribution is 7.98. The zero-order chi connectivity index (χ0) is 15.2. The number of thioether (sulfide) groups is 1. The van der Waals surface area contributed by atoms with Crippen LogP contribution in [0.1, 0.15) is 11.3 Å². The highest BCUT2D eigenvalue weighted by Crippen LogP contribution is 2.27. The third-order valence-electron chi connectivity index (χ3n) is 3.04. The lowest BCUT2D eigenvalue weighted by atomic mass is 10.1. The van der Waals surface area contributed by atoms with Crippen LogP contribution < -0.4 is 0 Å². The van der Waals surface area contributed by atoms with Crippen molar-refractivity contribution in [3.63, 3.8) is 0 Å². The van der Waals surface area contributed by atoms with Crippen LogP contribution in [0.3, 0.4) is 0 Å². The van der Waals surface area contributed by atoms with Gasteiger partial charge >= 0.3 is 0 Å². The molecule has 3 aromatic rings. The van der Waals surface area contributed by atoms with E-state index in [0.717, 1.165) is 22.0 Å². The summed E-state index contributed by atoms with van der Waals surface area (Å²) in [6.07, 6.45) is 5.23. The number of rotatable bonds is 4. The fourth-order valence-electron chi connectivity index (χ4n) is 1.94. The van der Waals surface area contributed by atoms with E-state index in [1.54, 1.807) is 18.6 Å². The van der Waals surface area contributed by atoms with Crippen molar-refractivity contribution in [1.82, 2.24) is 15.0 Å². The topological polar surface area (TPSA) is 62.5 Å². The molecule has 0 saturated carbocycles. The summed E-state index contributed by atoms with van der Waals surface area (Å²) in [6, 6.07) is 15.5. The van der Waals surface area contributed by atoms with Gasteiger partial charge in [-0.2, -0.15) is 5.26 Å². The smallest absolute Gasteiger partial charge is 0.115 e. The van der Waals surface area contributed by atoms with Crippen molar-refractivity contribution in [3.8, 4) is 17.3 Å². The van der Waals surface area contributed by atoms with Gasteiger partial charge in [-0.25, -0.2) is 4.98 Å². The van der Waals surface area contributed by atoms with Crippen LogP contribution in [0.5, 0.6) is 0 Å². The van der Waals surface area contributed by atoms with Gasteiger partial charge in [-0.05, 0) is 36.4 Å². The van der Waals surface area contributed by atoms with E-state index in [0.29, 0.717) is 11.3 Å². The summed E-state index contributed by atoms with van der Waals surface area (Å²) in [7, 11) is 0. The molecule has 0 bridgehead atoms. The van der Waals surface area contributed by atoms with Gasteiger partial charge < -0.3 is 0 Å². The van der Waals surface area contributed by atoms with Gasteiger partial charge in [0.1, 0.15) is 11.1 Å². The van der Waals surface area contributed by atoms with Crippen LogP contribution in [0.2, 0.25) is 0 Å². The Morgan fingerprint density at radius 1 is 1.00 bits per heavy atom. The summed E-state index contributed by atoms with van der Waals surface area (Å²) in [4.78, 5) is 12.9. The maximum Gasteiger partial charge on any atom is 0.115 e. The molecule has 0 spiro atoms. The number of aromatic nitrogens is 3. The fraction of sp³-hybridized carbons (Fsp3) is 0.0588. The maximum absolute atomic E-state index is 9.25. The van der Waals surface area contributed by atoms with Gasteiger partial charge in [-0.3, -0.25) is 9.97 Å². The minimum atomic E-state index is 0.582. The molecule has 0 radical (unpaired) electrons. The molecular weight excluding hydrogens is 292 g/mol. The van der Waals surface area contributed by atoms with Crippen molar-refractivity contribution in [2.45, 2.75) is 10.8 Å². The molecule has 0 N–H and O–H groups in total. The Bertz CT molecular complexity index is 798. The number of hydrogen-bond donors (Lipinski definition) is 0. The minimum Gasteiger partial charge on any atom is -0.265 e. The van der Waals surface area contributed by atoms with Crippen molar-refractivity contribution >= 4 is 11.8 Å².